The molecule has 9 nitrogen and oxygen atoms in total. The highest BCUT2D eigenvalue weighted by Gasteiger charge is 2.32. The van der Waals surface area contributed by atoms with Gasteiger partial charge in [0.1, 0.15) is 5.60 Å². The molecule has 0 bridgehead atoms. The quantitative estimate of drug-likeness (QED) is 0.403. The zero-order valence-corrected chi connectivity index (χ0v) is 21.1. The summed E-state index contributed by atoms with van der Waals surface area (Å²) in [7, 11) is 1.90. The van der Waals surface area contributed by atoms with E-state index in [0.717, 1.165) is 40.7 Å². The number of rotatable bonds is 5. The van der Waals surface area contributed by atoms with Gasteiger partial charge < -0.3 is 9.64 Å². The molecule has 0 N–H and O–H groups in total. The standard InChI is InChI=1S/C27H31N7O2/c1-27(2,3)36-26(35)34-10-6-9-24(34)18-33-17-23(15-31-33)21-12-28-25(29-13-21)20-8-5-7-19(11-20)22-14-30-32(4)16-22/h5,7-8,11-17,24H,6,9-10,18H2,1-4H3/t24-/m0/s1. The Morgan fingerprint density at radius 1 is 0.972 bits per heavy atom. The van der Waals surface area contributed by atoms with Crippen LogP contribution >= 0.6 is 0 Å². The number of ether oxygens (including phenoxy) is 1. The summed E-state index contributed by atoms with van der Waals surface area (Å²) in [5, 5.41) is 8.78. The van der Waals surface area contributed by atoms with Gasteiger partial charge in [0.15, 0.2) is 5.82 Å². The van der Waals surface area contributed by atoms with Crippen LogP contribution in [0.15, 0.2) is 61.4 Å². The van der Waals surface area contributed by atoms with Crippen molar-refractivity contribution < 1.29 is 9.53 Å². The zero-order valence-electron chi connectivity index (χ0n) is 21.1. The molecule has 1 atom stereocenters. The summed E-state index contributed by atoms with van der Waals surface area (Å²) in [5.41, 5.74) is 4.39. The second-order valence-corrected chi connectivity index (χ2v) is 10.2. The molecule has 1 aliphatic rings. The van der Waals surface area contributed by atoms with Gasteiger partial charge >= 0.3 is 6.09 Å². The smallest absolute Gasteiger partial charge is 0.410 e. The van der Waals surface area contributed by atoms with Crippen LogP contribution in [0.25, 0.3) is 33.6 Å². The third-order valence-corrected chi connectivity index (χ3v) is 6.18. The zero-order chi connectivity index (χ0) is 25.3. The van der Waals surface area contributed by atoms with Gasteiger partial charge in [-0.1, -0.05) is 18.2 Å². The molecule has 9 heteroatoms. The molecular weight excluding hydrogens is 454 g/mol. The Bertz CT molecular complexity index is 1350. The van der Waals surface area contributed by atoms with E-state index in [0.29, 0.717) is 18.9 Å². The lowest BCUT2D eigenvalue weighted by Gasteiger charge is -2.28. The van der Waals surface area contributed by atoms with Gasteiger partial charge in [-0.25, -0.2) is 14.8 Å². The molecule has 0 radical (unpaired) electrons. The van der Waals surface area contributed by atoms with E-state index in [-0.39, 0.29) is 12.1 Å². The molecule has 3 aromatic heterocycles. The number of benzene rings is 1. The van der Waals surface area contributed by atoms with Crippen LogP contribution in [0.2, 0.25) is 0 Å². The molecule has 0 saturated carbocycles. The van der Waals surface area contributed by atoms with Crippen molar-refractivity contribution in [2.75, 3.05) is 6.54 Å². The van der Waals surface area contributed by atoms with Gasteiger partial charge in [-0.3, -0.25) is 9.36 Å². The van der Waals surface area contributed by atoms with E-state index in [1.54, 1.807) is 4.68 Å². The van der Waals surface area contributed by atoms with Gasteiger partial charge in [0.2, 0.25) is 0 Å². The summed E-state index contributed by atoms with van der Waals surface area (Å²) in [5.74, 6) is 0.663. The Balaban J connectivity index is 1.27. The minimum absolute atomic E-state index is 0.0679. The predicted molar refractivity (Wildman–Crippen MR) is 137 cm³/mol. The molecule has 4 heterocycles. The van der Waals surface area contributed by atoms with Gasteiger partial charge in [-0.2, -0.15) is 10.2 Å². The summed E-state index contributed by atoms with van der Waals surface area (Å²) in [4.78, 5) is 23.6. The first-order valence-electron chi connectivity index (χ1n) is 12.2. The maximum Gasteiger partial charge on any atom is 0.410 e. The lowest BCUT2D eigenvalue weighted by molar-refractivity contribution is 0.0211. The molecule has 1 saturated heterocycles. The fourth-order valence-electron chi connectivity index (χ4n) is 4.45. The van der Waals surface area contributed by atoms with E-state index in [4.69, 9.17) is 4.74 Å². The number of hydrogen-bond donors (Lipinski definition) is 0. The first-order valence-corrected chi connectivity index (χ1v) is 12.2. The fraction of sp³-hybridized carbons (Fsp3) is 0.370. The van der Waals surface area contributed by atoms with Crippen LogP contribution in [0, 0.1) is 0 Å². The topological polar surface area (TPSA) is 91.0 Å². The van der Waals surface area contributed by atoms with E-state index < -0.39 is 5.60 Å². The monoisotopic (exact) mass is 485 g/mol. The van der Waals surface area contributed by atoms with Crippen LogP contribution < -0.4 is 0 Å². The number of aromatic nitrogens is 6. The second-order valence-electron chi connectivity index (χ2n) is 10.2. The third-order valence-electron chi connectivity index (χ3n) is 6.18. The Morgan fingerprint density at radius 3 is 2.42 bits per heavy atom. The number of amides is 1. The highest BCUT2D eigenvalue weighted by molar-refractivity contribution is 5.70. The lowest BCUT2D eigenvalue weighted by Crippen LogP contribution is -2.41. The van der Waals surface area contributed by atoms with Gasteiger partial charge in [0, 0.05) is 60.6 Å². The van der Waals surface area contributed by atoms with Gasteiger partial charge in [-0.05, 0) is 45.2 Å². The number of aryl methyl sites for hydroxylation is 1. The summed E-state index contributed by atoms with van der Waals surface area (Å²) >= 11 is 0. The van der Waals surface area contributed by atoms with E-state index in [9.17, 15) is 4.79 Å². The number of carbonyl (C=O) groups is 1. The highest BCUT2D eigenvalue weighted by Crippen LogP contribution is 2.26. The molecule has 1 amide bonds. The summed E-state index contributed by atoms with van der Waals surface area (Å²) in [6, 6.07) is 8.20. The number of carbonyl (C=O) groups excluding carboxylic acids is 1. The molecule has 0 spiro atoms. The van der Waals surface area contributed by atoms with Crippen molar-refractivity contribution in [1.29, 1.82) is 0 Å². The molecule has 0 unspecified atom stereocenters. The number of hydrogen-bond acceptors (Lipinski definition) is 6. The largest absolute Gasteiger partial charge is 0.444 e. The van der Waals surface area contributed by atoms with Crippen LogP contribution in [-0.4, -0.2) is 58.7 Å². The van der Waals surface area contributed by atoms with Crippen LogP contribution in [0.1, 0.15) is 33.6 Å². The van der Waals surface area contributed by atoms with E-state index >= 15 is 0 Å². The summed E-state index contributed by atoms with van der Waals surface area (Å²) in [6.45, 7) is 7.01. The average molecular weight is 486 g/mol. The van der Waals surface area contributed by atoms with Crippen molar-refractivity contribution in [3.05, 3.63) is 61.4 Å². The average Bonchev–Trinajstić information content (AvgIpc) is 3.60. The first kappa shape index (κ1) is 23.7. The Hall–Kier alpha value is -4.01. The maximum atomic E-state index is 12.6. The van der Waals surface area contributed by atoms with Gasteiger partial charge in [0.05, 0.1) is 25.0 Å². The van der Waals surface area contributed by atoms with Crippen molar-refractivity contribution in [3.8, 4) is 33.6 Å². The molecule has 5 rings (SSSR count). The predicted octanol–water partition coefficient (Wildman–Crippen LogP) is 4.81. The Labute approximate surface area is 210 Å². The first-order chi connectivity index (χ1) is 17.2. The molecule has 1 aliphatic heterocycles. The van der Waals surface area contributed by atoms with Crippen LogP contribution in [-0.2, 0) is 18.3 Å². The Morgan fingerprint density at radius 2 is 1.69 bits per heavy atom. The van der Waals surface area contributed by atoms with E-state index in [2.05, 4.69) is 32.3 Å². The molecule has 186 valence electrons. The van der Waals surface area contributed by atoms with Crippen molar-refractivity contribution in [1.82, 2.24) is 34.4 Å². The number of likely N-dealkylation sites (tertiary alicyclic amines) is 1. The number of nitrogens with zero attached hydrogens (tertiary/aromatic N) is 7. The van der Waals surface area contributed by atoms with Crippen molar-refractivity contribution in [2.45, 2.75) is 51.8 Å². The normalized spacial score (nSPS) is 15.9. The van der Waals surface area contributed by atoms with Crippen molar-refractivity contribution >= 4 is 6.09 Å². The highest BCUT2D eigenvalue weighted by atomic mass is 16.6. The molecule has 4 aromatic rings. The van der Waals surface area contributed by atoms with E-state index in [1.807, 2.05) is 86.7 Å². The molecule has 1 aromatic carbocycles. The van der Waals surface area contributed by atoms with Gasteiger partial charge in [0.25, 0.3) is 0 Å². The fourth-order valence-corrected chi connectivity index (χ4v) is 4.45. The summed E-state index contributed by atoms with van der Waals surface area (Å²) < 4.78 is 9.25. The minimum atomic E-state index is -0.505. The van der Waals surface area contributed by atoms with Crippen molar-refractivity contribution in [2.24, 2.45) is 7.05 Å². The van der Waals surface area contributed by atoms with Crippen LogP contribution in [0.3, 0.4) is 0 Å². The van der Waals surface area contributed by atoms with Crippen LogP contribution in [0.5, 0.6) is 0 Å². The minimum Gasteiger partial charge on any atom is -0.444 e. The lowest BCUT2D eigenvalue weighted by atomic mass is 10.1. The van der Waals surface area contributed by atoms with E-state index in [1.165, 1.54) is 0 Å². The second kappa shape index (κ2) is 9.56. The van der Waals surface area contributed by atoms with Crippen LogP contribution in [0.4, 0.5) is 4.79 Å². The van der Waals surface area contributed by atoms with Gasteiger partial charge in [-0.15, -0.1) is 0 Å². The maximum absolute atomic E-state index is 12.6. The molecule has 0 aliphatic carbocycles. The third kappa shape index (κ3) is 5.30. The molecule has 36 heavy (non-hydrogen) atoms. The Kier molecular flexibility index (Phi) is 6.30. The molecule has 1 fully saturated rings. The summed E-state index contributed by atoms with van der Waals surface area (Å²) in [6.07, 6.45) is 12.9. The van der Waals surface area contributed by atoms with Crippen molar-refractivity contribution in [3.63, 3.8) is 0 Å². The SMILES string of the molecule is Cn1cc(-c2cccc(-c3ncc(-c4cnn(C[C@@H]5CCCN5C(=O)OC(C)(C)C)c4)cn3)c2)cn1. The molecular formula is C27H31N7O2.